The molecule has 2 amide bonds. The molecule has 2 aliphatic heterocycles. The van der Waals surface area contributed by atoms with E-state index < -0.39 is 24.9 Å². The molecule has 222 valence electrons. The summed E-state index contributed by atoms with van der Waals surface area (Å²) in [6.45, 7) is 4.55. The average molecular weight is 566 g/mol. The molecular formula is C32H44BNO7. The molecule has 1 aromatic rings. The highest BCUT2D eigenvalue weighted by molar-refractivity contribution is 6.43. The van der Waals surface area contributed by atoms with Gasteiger partial charge in [0.05, 0.1) is 17.9 Å². The van der Waals surface area contributed by atoms with Crippen molar-refractivity contribution in [2.45, 2.75) is 96.9 Å². The Morgan fingerprint density at radius 1 is 1.05 bits per heavy atom. The van der Waals surface area contributed by atoms with E-state index in [-0.39, 0.29) is 36.0 Å². The Bertz CT molecular complexity index is 1180. The smallest absolute Gasteiger partial charge is 0.455 e. The number of hydrogen-bond acceptors (Lipinski definition) is 6. The average Bonchev–Trinajstić information content (AvgIpc) is 3.17. The number of fused-ring (bicyclic) bond motifs is 3. The maximum Gasteiger partial charge on any atom is 0.455 e. The lowest BCUT2D eigenvalue weighted by molar-refractivity contribution is -0.141. The van der Waals surface area contributed by atoms with Crippen LogP contribution in [0.4, 0.5) is 0 Å². The zero-order valence-electron chi connectivity index (χ0n) is 24.4. The summed E-state index contributed by atoms with van der Waals surface area (Å²) in [5, 5.41) is 30.0. The Kier molecular flexibility index (Phi) is 10.8. The van der Waals surface area contributed by atoms with Gasteiger partial charge in [0.2, 0.25) is 11.8 Å². The van der Waals surface area contributed by atoms with E-state index in [0.29, 0.717) is 45.0 Å². The normalized spacial score (nSPS) is 24.6. The summed E-state index contributed by atoms with van der Waals surface area (Å²) in [5.41, 5.74) is 4.28. The third kappa shape index (κ3) is 7.30. The number of rotatable bonds is 14. The first-order valence-corrected chi connectivity index (χ1v) is 15.3. The highest BCUT2D eigenvalue weighted by Gasteiger charge is 2.56. The lowest BCUT2D eigenvalue weighted by Crippen LogP contribution is -2.46. The van der Waals surface area contributed by atoms with Crippen molar-refractivity contribution < 1.29 is 34.3 Å². The highest BCUT2D eigenvalue weighted by Crippen LogP contribution is 2.51. The molecule has 2 heterocycles. The molecule has 0 unspecified atom stereocenters. The second kappa shape index (κ2) is 14.3. The Labute approximate surface area is 243 Å². The Balaban J connectivity index is 1.54. The van der Waals surface area contributed by atoms with Crippen LogP contribution in [0.25, 0.3) is 6.08 Å². The van der Waals surface area contributed by atoms with Gasteiger partial charge in [-0.05, 0) is 68.8 Å². The number of likely N-dealkylation sites (tertiary alicyclic amines) is 1. The number of benzene rings is 1. The van der Waals surface area contributed by atoms with Crippen molar-refractivity contribution in [3.63, 3.8) is 0 Å². The monoisotopic (exact) mass is 565 g/mol. The zero-order chi connectivity index (χ0) is 29.5. The van der Waals surface area contributed by atoms with Gasteiger partial charge in [0.25, 0.3) is 0 Å². The highest BCUT2D eigenvalue weighted by atomic mass is 16.5. The van der Waals surface area contributed by atoms with Crippen molar-refractivity contribution in [2.75, 3.05) is 6.54 Å². The number of carboxylic acid groups (broad SMARTS) is 1. The number of phenolic OH excluding ortho intramolecular Hbond substituents is 1. The van der Waals surface area contributed by atoms with Crippen LogP contribution in [-0.2, 0) is 19.0 Å². The molecule has 1 aliphatic carbocycles. The fraction of sp³-hybridized carbons (Fsp3) is 0.594. The molecule has 2 saturated heterocycles. The van der Waals surface area contributed by atoms with E-state index >= 15 is 0 Å². The number of carbonyl (C=O) groups is 3. The molecule has 41 heavy (non-hydrogen) atoms. The van der Waals surface area contributed by atoms with Gasteiger partial charge in [0.15, 0.2) is 0 Å². The van der Waals surface area contributed by atoms with E-state index in [9.17, 15) is 24.5 Å². The molecule has 3 aliphatic rings. The number of para-hydroxylation sites is 1. The summed E-state index contributed by atoms with van der Waals surface area (Å²) in [6, 6.07) is 7.28. The molecule has 4 rings (SSSR count). The standard InChI is InChI=1S/C32H44BNO7/c1-3-10-21(18-22-12-7-8-13-26(22)35)15-16-27-29-23(11-4-2)19-24-30(25(29)20-33(40)41-27)32(39)34(31(24)38)17-9-5-6-14-28(36)37/h7-8,12-13,18,24-25,27,30,35,40H,3-6,9-11,14-17,19-20H2,1-2H3,(H,36,37)/b21-18+/t24-,25+,27-,30-/m1/s1. The van der Waals surface area contributed by atoms with Crippen molar-refractivity contribution >= 4 is 31.0 Å². The zero-order valence-corrected chi connectivity index (χ0v) is 24.4. The summed E-state index contributed by atoms with van der Waals surface area (Å²) in [7, 11) is -1.000. The minimum Gasteiger partial charge on any atom is -0.507 e. The van der Waals surface area contributed by atoms with Gasteiger partial charge in [0, 0.05) is 18.5 Å². The van der Waals surface area contributed by atoms with Crippen LogP contribution in [0.2, 0.25) is 6.32 Å². The fourth-order valence-electron chi connectivity index (χ4n) is 7.05. The van der Waals surface area contributed by atoms with Gasteiger partial charge >= 0.3 is 13.1 Å². The van der Waals surface area contributed by atoms with Crippen LogP contribution >= 0.6 is 0 Å². The van der Waals surface area contributed by atoms with Gasteiger partial charge in [-0.2, -0.15) is 0 Å². The maximum atomic E-state index is 13.7. The van der Waals surface area contributed by atoms with Crippen molar-refractivity contribution in [3.05, 3.63) is 46.5 Å². The number of aromatic hydroxyl groups is 1. The van der Waals surface area contributed by atoms with Gasteiger partial charge < -0.3 is 19.9 Å². The third-order valence-electron chi connectivity index (χ3n) is 8.82. The van der Waals surface area contributed by atoms with Gasteiger partial charge in [-0.3, -0.25) is 19.3 Å². The van der Waals surface area contributed by atoms with E-state index in [2.05, 4.69) is 13.8 Å². The van der Waals surface area contributed by atoms with Gasteiger partial charge in [-0.25, -0.2) is 0 Å². The van der Waals surface area contributed by atoms with E-state index in [1.165, 1.54) is 16.0 Å². The van der Waals surface area contributed by atoms with E-state index in [1.807, 2.05) is 18.2 Å². The van der Waals surface area contributed by atoms with E-state index in [4.69, 9.17) is 9.76 Å². The van der Waals surface area contributed by atoms with Gasteiger partial charge in [-0.1, -0.05) is 68.5 Å². The van der Waals surface area contributed by atoms with Crippen LogP contribution in [-0.4, -0.2) is 57.7 Å². The molecular weight excluding hydrogens is 521 g/mol. The molecule has 9 heteroatoms. The number of amides is 2. The van der Waals surface area contributed by atoms with Gasteiger partial charge in [-0.15, -0.1) is 0 Å². The van der Waals surface area contributed by atoms with Crippen LogP contribution in [0, 0.1) is 17.8 Å². The molecule has 1 aromatic carbocycles. The Hall–Kier alpha value is -2.91. The number of hydrogen-bond donors (Lipinski definition) is 3. The minimum atomic E-state index is -1.000. The number of unbranched alkanes of at least 4 members (excludes halogenated alkanes) is 2. The second-order valence-corrected chi connectivity index (χ2v) is 11.7. The molecule has 0 radical (unpaired) electrons. The Morgan fingerprint density at radius 3 is 2.54 bits per heavy atom. The maximum absolute atomic E-state index is 13.7. The van der Waals surface area contributed by atoms with Crippen LogP contribution in [0.3, 0.4) is 0 Å². The SMILES string of the molecule is CCCC1=C2[C@@H](CC/C(=C/c3ccccc3O)CCC)OB(O)C[C@@H]2[C@@H]2C(=O)N(CCCCCC(=O)O)C(=O)[C@@H]2C1. The number of phenols is 1. The van der Waals surface area contributed by atoms with Crippen LogP contribution in [0.15, 0.2) is 41.0 Å². The predicted octanol–water partition coefficient (Wildman–Crippen LogP) is 5.60. The van der Waals surface area contributed by atoms with Crippen molar-refractivity contribution in [1.29, 1.82) is 0 Å². The molecule has 0 saturated carbocycles. The van der Waals surface area contributed by atoms with Crippen LogP contribution in [0.5, 0.6) is 5.75 Å². The number of aliphatic carboxylic acids is 1. The lowest BCUT2D eigenvalue weighted by Gasteiger charge is -2.43. The topological polar surface area (TPSA) is 124 Å². The molecule has 2 fully saturated rings. The van der Waals surface area contributed by atoms with Crippen LogP contribution < -0.4 is 0 Å². The number of nitrogens with zero attached hydrogens (tertiary/aromatic N) is 1. The molecule has 3 N–H and O–H groups in total. The second-order valence-electron chi connectivity index (χ2n) is 11.7. The summed E-state index contributed by atoms with van der Waals surface area (Å²) < 4.78 is 6.15. The van der Waals surface area contributed by atoms with Crippen molar-refractivity contribution in [1.82, 2.24) is 4.90 Å². The summed E-state index contributed by atoms with van der Waals surface area (Å²) in [6.07, 6.45) is 9.41. The van der Waals surface area contributed by atoms with E-state index in [0.717, 1.165) is 43.2 Å². The summed E-state index contributed by atoms with van der Waals surface area (Å²) in [5.74, 6) is -1.99. The largest absolute Gasteiger partial charge is 0.507 e. The molecule has 4 atom stereocenters. The van der Waals surface area contributed by atoms with Gasteiger partial charge in [0.1, 0.15) is 5.75 Å². The summed E-state index contributed by atoms with van der Waals surface area (Å²) in [4.78, 5) is 39.3. The summed E-state index contributed by atoms with van der Waals surface area (Å²) >= 11 is 0. The lowest BCUT2D eigenvalue weighted by atomic mass is 9.58. The molecule has 0 spiro atoms. The first kappa shape index (κ1) is 31.0. The van der Waals surface area contributed by atoms with E-state index in [1.54, 1.807) is 12.1 Å². The third-order valence-corrected chi connectivity index (χ3v) is 8.82. The minimum absolute atomic E-state index is 0.0871. The predicted molar refractivity (Wildman–Crippen MR) is 158 cm³/mol. The van der Waals surface area contributed by atoms with Crippen molar-refractivity contribution in [3.8, 4) is 5.75 Å². The molecule has 0 aromatic heterocycles. The number of imide groups is 1. The van der Waals surface area contributed by atoms with Crippen LogP contribution in [0.1, 0.15) is 90.0 Å². The first-order valence-electron chi connectivity index (χ1n) is 15.3. The van der Waals surface area contributed by atoms with Crippen molar-refractivity contribution in [2.24, 2.45) is 17.8 Å². The number of carboxylic acids is 1. The molecule has 8 nitrogen and oxygen atoms in total. The fourth-order valence-corrected chi connectivity index (χ4v) is 7.05. The number of allylic oxidation sites excluding steroid dienone is 2. The first-order chi connectivity index (χ1) is 19.7. The number of carbonyl (C=O) groups excluding carboxylic acids is 2. The Morgan fingerprint density at radius 2 is 1.83 bits per heavy atom. The quantitative estimate of drug-likeness (QED) is 0.116. The molecule has 0 bridgehead atoms.